The maximum Gasteiger partial charge on any atom is 0.298 e. The van der Waals surface area contributed by atoms with Gasteiger partial charge in [0, 0.05) is 7.05 Å². The molecule has 1 atom stereocenters. The van der Waals surface area contributed by atoms with E-state index in [0.717, 1.165) is 5.56 Å². The molecule has 0 spiro atoms. The van der Waals surface area contributed by atoms with Crippen LogP contribution in [0.5, 0.6) is 0 Å². The van der Waals surface area contributed by atoms with Gasteiger partial charge in [-0.05, 0) is 24.6 Å². The van der Waals surface area contributed by atoms with Gasteiger partial charge in [-0.2, -0.15) is 8.42 Å². The summed E-state index contributed by atoms with van der Waals surface area (Å²) in [6, 6.07) is 14.8. The SMILES string of the molecule is CC.CNC(=O)[C@@H](OS(=O)(=O)c1ccc(C)cc1)c1ccccc1. The number of benzene rings is 2. The molecule has 0 unspecified atom stereocenters. The standard InChI is InChI=1S/C16H17NO4S.C2H6/c1-12-8-10-14(11-9-12)22(19,20)21-15(16(18)17-2)13-6-4-3-5-7-13;1-2/h3-11,15H,1-2H3,(H,17,18);1-2H3/t15-;/m0./s1. The molecule has 2 aromatic rings. The Morgan fingerprint density at radius 1 is 1.00 bits per heavy atom. The second-order valence-electron chi connectivity index (χ2n) is 4.77. The van der Waals surface area contributed by atoms with Gasteiger partial charge in [0.25, 0.3) is 16.0 Å². The summed E-state index contributed by atoms with van der Waals surface area (Å²) < 4.78 is 29.9. The Labute approximate surface area is 143 Å². The molecule has 24 heavy (non-hydrogen) atoms. The van der Waals surface area contributed by atoms with Gasteiger partial charge >= 0.3 is 0 Å². The molecule has 0 saturated carbocycles. The third-order valence-corrected chi connectivity index (χ3v) is 4.41. The van der Waals surface area contributed by atoms with Crippen molar-refractivity contribution in [3.8, 4) is 0 Å². The Morgan fingerprint density at radius 2 is 1.54 bits per heavy atom. The van der Waals surface area contributed by atoms with Crippen LogP contribution in [0.15, 0.2) is 59.5 Å². The fourth-order valence-electron chi connectivity index (χ4n) is 1.90. The minimum atomic E-state index is -4.04. The molecule has 0 aliphatic rings. The topological polar surface area (TPSA) is 72.5 Å². The number of rotatable bonds is 5. The molecule has 2 aromatic carbocycles. The van der Waals surface area contributed by atoms with Gasteiger partial charge < -0.3 is 5.32 Å². The van der Waals surface area contributed by atoms with Crippen molar-refractivity contribution in [3.05, 3.63) is 65.7 Å². The van der Waals surface area contributed by atoms with Crippen molar-refractivity contribution in [2.45, 2.75) is 31.8 Å². The van der Waals surface area contributed by atoms with Crippen LogP contribution < -0.4 is 5.32 Å². The number of hydrogen-bond donors (Lipinski definition) is 1. The van der Waals surface area contributed by atoms with Crippen LogP contribution in [-0.2, 0) is 19.1 Å². The number of hydrogen-bond acceptors (Lipinski definition) is 4. The number of carbonyl (C=O) groups excluding carboxylic acids is 1. The molecule has 0 aliphatic heterocycles. The van der Waals surface area contributed by atoms with Crippen molar-refractivity contribution < 1.29 is 17.4 Å². The van der Waals surface area contributed by atoms with Crippen molar-refractivity contribution in [1.82, 2.24) is 5.32 Å². The lowest BCUT2D eigenvalue weighted by Crippen LogP contribution is -2.29. The quantitative estimate of drug-likeness (QED) is 0.841. The highest BCUT2D eigenvalue weighted by atomic mass is 32.2. The molecule has 130 valence electrons. The van der Waals surface area contributed by atoms with Gasteiger partial charge in [-0.25, -0.2) is 4.18 Å². The average Bonchev–Trinajstić information content (AvgIpc) is 2.62. The summed E-state index contributed by atoms with van der Waals surface area (Å²) in [6.07, 6.45) is -1.22. The predicted octanol–water partition coefficient (Wildman–Crippen LogP) is 3.21. The molecule has 6 heteroatoms. The third kappa shape index (κ3) is 5.18. The van der Waals surface area contributed by atoms with Crippen LogP contribution in [0.25, 0.3) is 0 Å². The summed E-state index contributed by atoms with van der Waals surface area (Å²) in [4.78, 5) is 12.0. The first kappa shape index (κ1) is 19.9. The van der Waals surface area contributed by atoms with E-state index in [9.17, 15) is 13.2 Å². The number of nitrogens with one attached hydrogen (secondary N) is 1. The molecule has 5 nitrogen and oxygen atoms in total. The van der Waals surface area contributed by atoms with Crippen LogP contribution in [-0.4, -0.2) is 21.4 Å². The lowest BCUT2D eigenvalue weighted by atomic mass is 10.1. The largest absolute Gasteiger partial charge is 0.357 e. The summed E-state index contributed by atoms with van der Waals surface area (Å²) in [5.41, 5.74) is 1.40. The van der Waals surface area contributed by atoms with Crippen molar-refractivity contribution in [2.24, 2.45) is 0 Å². The first-order valence-electron chi connectivity index (χ1n) is 7.70. The van der Waals surface area contributed by atoms with E-state index in [1.165, 1.54) is 19.2 Å². The first-order chi connectivity index (χ1) is 11.4. The second-order valence-corrected chi connectivity index (χ2v) is 6.34. The summed E-state index contributed by atoms with van der Waals surface area (Å²) in [6.45, 7) is 5.86. The first-order valence-corrected chi connectivity index (χ1v) is 9.11. The van der Waals surface area contributed by atoms with Gasteiger partial charge in [0.15, 0.2) is 6.10 Å². The maximum absolute atomic E-state index is 12.3. The van der Waals surface area contributed by atoms with E-state index in [2.05, 4.69) is 5.32 Å². The number of aryl methyl sites for hydroxylation is 1. The molecule has 0 heterocycles. The Balaban J connectivity index is 0.00000139. The summed E-state index contributed by atoms with van der Waals surface area (Å²) in [5.74, 6) is -0.526. The predicted molar refractivity (Wildman–Crippen MR) is 94.0 cm³/mol. The maximum atomic E-state index is 12.3. The molecule has 0 radical (unpaired) electrons. The minimum Gasteiger partial charge on any atom is -0.357 e. The second kappa shape index (κ2) is 9.20. The van der Waals surface area contributed by atoms with Gasteiger partial charge in [-0.1, -0.05) is 61.9 Å². The number of carbonyl (C=O) groups is 1. The molecule has 1 amide bonds. The Kier molecular flexibility index (Phi) is 7.61. The highest BCUT2D eigenvalue weighted by Gasteiger charge is 2.28. The van der Waals surface area contributed by atoms with Gasteiger partial charge in [0.2, 0.25) is 0 Å². The molecule has 0 bridgehead atoms. The molecule has 0 aromatic heterocycles. The third-order valence-electron chi connectivity index (χ3n) is 3.12. The Hall–Kier alpha value is -2.18. The Morgan fingerprint density at radius 3 is 2.04 bits per heavy atom. The van der Waals surface area contributed by atoms with Gasteiger partial charge in [0.05, 0.1) is 4.90 Å². The van der Waals surface area contributed by atoms with E-state index < -0.39 is 22.1 Å². The molecule has 0 fully saturated rings. The molecular formula is C18H23NO4S. The molecule has 0 aliphatic carbocycles. The number of likely N-dealkylation sites (N-methyl/N-ethyl adjacent to an activating group) is 1. The van der Waals surface area contributed by atoms with E-state index in [1.807, 2.05) is 20.8 Å². The average molecular weight is 349 g/mol. The smallest absolute Gasteiger partial charge is 0.298 e. The zero-order valence-corrected chi connectivity index (χ0v) is 15.1. The van der Waals surface area contributed by atoms with Gasteiger partial charge in [-0.15, -0.1) is 0 Å². The lowest BCUT2D eigenvalue weighted by Gasteiger charge is -2.16. The molecular weight excluding hydrogens is 326 g/mol. The summed E-state index contributed by atoms with van der Waals surface area (Å²) >= 11 is 0. The minimum absolute atomic E-state index is 0.0166. The van der Waals surface area contributed by atoms with Gasteiger partial charge in [-0.3, -0.25) is 4.79 Å². The van der Waals surface area contributed by atoms with Crippen LogP contribution in [0.4, 0.5) is 0 Å². The van der Waals surface area contributed by atoms with Crippen LogP contribution in [0.1, 0.15) is 31.1 Å². The zero-order valence-electron chi connectivity index (χ0n) is 14.3. The molecule has 2 rings (SSSR count). The highest BCUT2D eigenvalue weighted by Crippen LogP contribution is 2.24. The molecule has 1 N–H and O–H groups in total. The van der Waals surface area contributed by atoms with Crippen molar-refractivity contribution in [1.29, 1.82) is 0 Å². The van der Waals surface area contributed by atoms with Crippen molar-refractivity contribution >= 4 is 16.0 Å². The fourth-order valence-corrected chi connectivity index (χ4v) is 2.93. The van der Waals surface area contributed by atoms with Crippen LogP contribution in [0.3, 0.4) is 0 Å². The van der Waals surface area contributed by atoms with Crippen LogP contribution in [0.2, 0.25) is 0 Å². The van der Waals surface area contributed by atoms with E-state index in [4.69, 9.17) is 4.18 Å². The fraction of sp³-hybridized carbons (Fsp3) is 0.278. The van der Waals surface area contributed by atoms with E-state index in [1.54, 1.807) is 42.5 Å². The summed E-state index contributed by atoms with van der Waals surface area (Å²) in [7, 11) is -2.61. The lowest BCUT2D eigenvalue weighted by molar-refractivity contribution is -0.127. The molecule has 0 saturated heterocycles. The van der Waals surface area contributed by atoms with Crippen molar-refractivity contribution in [2.75, 3.05) is 7.05 Å². The van der Waals surface area contributed by atoms with Crippen LogP contribution in [0, 0.1) is 6.92 Å². The summed E-state index contributed by atoms with van der Waals surface area (Å²) in [5, 5.41) is 2.42. The van der Waals surface area contributed by atoms with Gasteiger partial charge in [0.1, 0.15) is 0 Å². The normalized spacial score (nSPS) is 11.8. The van der Waals surface area contributed by atoms with Crippen molar-refractivity contribution in [3.63, 3.8) is 0 Å². The monoisotopic (exact) mass is 349 g/mol. The van der Waals surface area contributed by atoms with E-state index in [0.29, 0.717) is 5.56 Å². The zero-order chi connectivity index (χ0) is 18.2. The van der Waals surface area contributed by atoms with E-state index >= 15 is 0 Å². The van der Waals surface area contributed by atoms with Crippen LogP contribution >= 0.6 is 0 Å². The van der Waals surface area contributed by atoms with E-state index in [-0.39, 0.29) is 4.90 Å². The highest BCUT2D eigenvalue weighted by molar-refractivity contribution is 7.86. The number of amides is 1. The Bertz CT molecular complexity index is 740.